The Labute approximate surface area is 122 Å². The highest BCUT2D eigenvalue weighted by Gasteiger charge is 2.33. The van der Waals surface area contributed by atoms with Gasteiger partial charge in [-0.05, 0) is 32.4 Å². The smallest absolute Gasteiger partial charge is 0.243 e. The Morgan fingerprint density at radius 2 is 1.60 bits per heavy atom. The summed E-state index contributed by atoms with van der Waals surface area (Å²) in [6, 6.07) is 8.70. The molecule has 1 saturated heterocycles. The largest absolute Gasteiger partial charge is 0.296 e. The Bertz CT molecular complexity index is 532. The molecule has 0 atom stereocenters. The van der Waals surface area contributed by atoms with E-state index < -0.39 is 10.0 Å². The van der Waals surface area contributed by atoms with Gasteiger partial charge in [0.05, 0.1) is 4.90 Å². The molecule has 4 nitrogen and oxygen atoms in total. The number of piperazine rings is 1. The van der Waals surface area contributed by atoms with Gasteiger partial charge < -0.3 is 0 Å². The Morgan fingerprint density at radius 3 is 2.10 bits per heavy atom. The number of nitrogens with zero attached hydrogens (tertiary/aromatic N) is 2. The molecule has 1 heterocycles. The minimum absolute atomic E-state index is 0.141. The van der Waals surface area contributed by atoms with Gasteiger partial charge >= 0.3 is 0 Å². The molecular formula is C15H24N2O2S. The van der Waals surface area contributed by atoms with E-state index in [1.165, 1.54) is 0 Å². The van der Waals surface area contributed by atoms with Crippen molar-refractivity contribution in [2.24, 2.45) is 0 Å². The maximum absolute atomic E-state index is 12.5. The van der Waals surface area contributed by atoms with Gasteiger partial charge in [-0.15, -0.1) is 0 Å². The van der Waals surface area contributed by atoms with E-state index in [0.29, 0.717) is 18.0 Å². The topological polar surface area (TPSA) is 40.6 Å². The second-order valence-electron chi connectivity index (χ2n) is 5.87. The molecule has 1 aromatic rings. The van der Waals surface area contributed by atoms with E-state index in [2.05, 4.69) is 25.7 Å². The van der Waals surface area contributed by atoms with E-state index in [-0.39, 0.29) is 5.54 Å². The van der Waals surface area contributed by atoms with Crippen LogP contribution < -0.4 is 0 Å². The summed E-state index contributed by atoms with van der Waals surface area (Å²) in [5.41, 5.74) is 0.141. The molecule has 1 aromatic carbocycles. The fourth-order valence-corrected chi connectivity index (χ4v) is 3.94. The fraction of sp³-hybridized carbons (Fsp3) is 0.600. The van der Waals surface area contributed by atoms with Gasteiger partial charge in [-0.1, -0.05) is 25.1 Å². The molecule has 20 heavy (non-hydrogen) atoms. The van der Waals surface area contributed by atoms with Crippen molar-refractivity contribution in [3.8, 4) is 0 Å². The highest BCUT2D eigenvalue weighted by Crippen LogP contribution is 2.23. The van der Waals surface area contributed by atoms with Crippen molar-refractivity contribution in [3.05, 3.63) is 30.3 Å². The Balaban J connectivity index is 2.08. The molecule has 0 bridgehead atoms. The number of hydrogen-bond donors (Lipinski definition) is 0. The van der Waals surface area contributed by atoms with Crippen LogP contribution in [0.15, 0.2) is 35.2 Å². The molecule has 0 N–H and O–H groups in total. The van der Waals surface area contributed by atoms with E-state index in [9.17, 15) is 8.42 Å². The quantitative estimate of drug-likeness (QED) is 0.855. The molecule has 112 valence electrons. The lowest BCUT2D eigenvalue weighted by atomic mass is 9.98. The number of sulfonamides is 1. The van der Waals surface area contributed by atoms with Gasteiger partial charge in [0.15, 0.2) is 0 Å². The summed E-state index contributed by atoms with van der Waals surface area (Å²) in [6.45, 7) is 9.34. The maximum Gasteiger partial charge on any atom is 0.243 e. The Hall–Kier alpha value is -0.910. The zero-order chi connectivity index (χ0) is 14.8. The van der Waals surface area contributed by atoms with Crippen LogP contribution >= 0.6 is 0 Å². The molecule has 2 rings (SSSR count). The molecule has 0 unspecified atom stereocenters. The van der Waals surface area contributed by atoms with Crippen molar-refractivity contribution < 1.29 is 8.42 Å². The minimum atomic E-state index is -3.33. The van der Waals surface area contributed by atoms with Crippen LogP contribution in [-0.2, 0) is 10.0 Å². The highest BCUT2D eigenvalue weighted by molar-refractivity contribution is 7.89. The van der Waals surface area contributed by atoms with Gasteiger partial charge in [0.25, 0.3) is 0 Å². The van der Waals surface area contributed by atoms with Gasteiger partial charge in [0.1, 0.15) is 0 Å². The number of hydrogen-bond acceptors (Lipinski definition) is 3. The zero-order valence-corrected chi connectivity index (χ0v) is 13.4. The summed E-state index contributed by atoms with van der Waals surface area (Å²) in [5.74, 6) is 0. The van der Waals surface area contributed by atoms with Gasteiger partial charge in [-0.25, -0.2) is 8.42 Å². The number of benzene rings is 1. The average molecular weight is 296 g/mol. The van der Waals surface area contributed by atoms with Gasteiger partial charge in [-0.2, -0.15) is 4.31 Å². The molecule has 5 heteroatoms. The lowest BCUT2D eigenvalue weighted by Crippen LogP contribution is -2.55. The summed E-state index contributed by atoms with van der Waals surface area (Å²) in [6.07, 6.45) is 1.07. The van der Waals surface area contributed by atoms with Crippen LogP contribution in [0.4, 0.5) is 0 Å². The van der Waals surface area contributed by atoms with Crippen LogP contribution in [0.1, 0.15) is 27.2 Å². The Kier molecular flexibility index (Phi) is 4.52. The van der Waals surface area contributed by atoms with Crippen molar-refractivity contribution in [2.45, 2.75) is 37.6 Å². The summed E-state index contributed by atoms with van der Waals surface area (Å²) in [4.78, 5) is 2.77. The lowest BCUT2D eigenvalue weighted by molar-refractivity contribution is 0.0763. The molecule has 0 aromatic heterocycles. The molecule has 0 amide bonds. The predicted molar refractivity (Wildman–Crippen MR) is 81.1 cm³/mol. The second-order valence-corrected chi connectivity index (χ2v) is 7.81. The molecule has 0 spiro atoms. The van der Waals surface area contributed by atoms with Gasteiger partial charge in [0, 0.05) is 31.7 Å². The van der Waals surface area contributed by atoms with Crippen LogP contribution in [0.2, 0.25) is 0 Å². The van der Waals surface area contributed by atoms with Crippen molar-refractivity contribution in [1.82, 2.24) is 9.21 Å². The molecule has 0 aliphatic carbocycles. The third-order valence-electron chi connectivity index (χ3n) is 4.34. The molecule has 0 radical (unpaired) electrons. The van der Waals surface area contributed by atoms with E-state index >= 15 is 0 Å². The van der Waals surface area contributed by atoms with E-state index in [1.54, 1.807) is 28.6 Å². The van der Waals surface area contributed by atoms with Crippen LogP contribution in [-0.4, -0.2) is 49.3 Å². The highest BCUT2D eigenvalue weighted by atomic mass is 32.2. The zero-order valence-electron chi connectivity index (χ0n) is 12.5. The van der Waals surface area contributed by atoms with Crippen molar-refractivity contribution in [1.29, 1.82) is 0 Å². The Morgan fingerprint density at radius 1 is 1.05 bits per heavy atom. The SMILES string of the molecule is CCC(C)(C)N1CCN(S(=O)(=O)c2ccccc2)CC1. The molecule has 1 aliphatic rings. The first kappa shape index (κ1) is 15.5. The third-order valence-corrected chi connectivity index (χ3v) is 6.25. The second kappa shape index (κ2) is 5.84. The van der Waals surface area contributed by atoms with Crippen LogP contribution in [0, 0.1) is 0 Å². The summed E-state index contributed by atoms with van der Waals surface area (Å²) in [7, 11) is -3.33. The van der Waals surface area contributed by atoms with Crippen molar-refractivity contribution in [3.63, 3.8) is 0 Å². The van der Waals surface area contributed by atoms with Crippen molar-refractivity contribution >= 4 is 10.0 Å². The first-order valence-corrected chi connectivity index (χ1v) is 8.62. The minimum Gasteiger partial charge on any atom is -0.296 e. The van der Waals surface area contributed by atoms with Gasteiger partial charge in [-0.3, -0.25) is 4.90 Å². The van der Waals surface area contributed by atoms with E-state index in [0.717, 1.165) is 19.5 Å². The summed E-state index contributed by atoms with van der Waals surface area (Å²) < 4.78 is 26.6. The van der Waals surface area contributed by atoms with Crippen LogP contribution in [0.25, 0.3) is 0 Å². The summed E-state index contributed by atoms with van der Waals surface area (Å²) in [5, 5.41) is 0. The van der Waals surface area contributed by atoms with Crippen molar-refractivity contribution in [2.75, 3.05) is 26.2 Å². The molecule has 0 saturated carbocycles. The third kappa shape index (κ3) is 3.05. The molecule has 1 aliphatic heterocycles. The average Bonchev–Trinajstić information content (AvgIpc) is 2.48. The monoisotopic (exact) mass is 296 g/mol. The predicted octanol–water partition coefficient (Wildman–Crippen LogP) is 2.18. The maximum atomic E-state index is 12.5. The van der Waals surface area contributed by atoms with Crippen LogP contribution in [0.3, 0.4) is 0 Å². The van der Waals surface area contributed by atoms with Crippen LogP contribution in [0.5, 0.6) is 0 Å². The first-order chi connectivity index (χ1) is 9.38. The van der Waals surface area contributed by atoms with E-state index in [4.69, 9.17) is 0 Å². The summed E-state index contributed by atoms with van der Waals surface area (Å²) >= 11 is 0. The first-order valence-electron chi connectivity index (χ1n) is 7.18. The van der Waals surface area contributed by atoms with Gasteiger partial charge in [0.2, 0.25) is 10.0 Å². The molecular weight excluding hydrogens is 272 g/mol. The fourth-order valence-electron chi connectivity index (χ4n) is 2.50. The standard InChI is InChI=1S/C15H24N2O2S/c1-4-15(2,3)16-10-12-17(13-11-16)20(18,19)14-8-6-5-7-9-14/h5-9H,4,10-13H2,1-3H3. The number of rotatable bonds is 4. The van der Waals surface area contributed by atoms with E-state index in [1.807, 2.05) is 6.07 Å². The normalized spacial score (nSPS) is 19.1. The lowest BCUT2D eigenvalue weighted by Gasteiger charge is -2.43. The molecule has 1 fully saturated rings.